The third-order valence-corrected chi connectivity index (χ3v) is 4.86. The molecule has 6 heteroatoms. The van der Waals surface area contributed by atoms with Crippen molar-refractivity contribution >= 4 is 6.41 Å². The maximum Gasteiger partial charge on any atom is 0.210 e. The lowest BCUT2D eigenvalue weighted by atomic mass is 10.1. The van der Waals surface area contributed by atoms with Crippen LogP contribution < -0.4 is 0 Å². The molecule has 0 atom stereocenters. The second-order valence-corrected chi connectivity index (χ2v) is 7.18. The van der Waals surface area contributed by atoms with Gasteiger partial charge in [-0.2, -0.15) is 0 Å². The van der Waals surface area contributed by atoms with Gasteiger partial charge in [0.1, 0.15) is 5.82 Å². The van der Waals surface area contributed by atoms with E-state index in [9.17, 15) is 4.79 Å². The topological polar surface area (TPSA) is 67.6 Å². The summed E-state index contributed by atoms with van der Waals surface area (Å²) in [5.41, 5.74) is 5.86. The van der Waals surface area contributed by atoms with Gasteiger partial charge in [-0.05, 0) is 18.6 Å². The summed E-state index contributed by atoms with van der Waals surface area (Å²) in [6, 6.07) is 18.5. The molecule has 6 nitrogen and oxygen atoms in total. The number of nitrogens with zero attached hydrogens (tertiary/aromatic N) is 3. The number of hydrogen-bond donors (Lipinski definition) is 1. The Labute approximate surface area is 184 Å². The maximum atomic E-state index is 10.9. The van der Waals surface area contributed by atoms with E-state index < -0.39 is 0 Å². The van der Waals surface area contributed by atoms with Crippen molar-refractivity contribution in [2.24, 2.45) is 7.05 Å². The average molecular weight is 422 g/mol. The molecule has 1 aliphatic rings. The first-order chi connectivity index (χ1) is 15.0. The number of imidazole rings is 1. The predicted molar refractivity (Wildman–Crippen MR) is 124 cm³/mol. The first-order valence-electron chi connectivity index (χ1n) is 10.1. The van der Waals surface area contributed by atoms with Crippen LogP contribution in [0.5, 0.6) is 0 Å². The van der Waals surface area contributed by atoms with Crippen molar-refractivity contribution < 1.29 is 14.6 Å². The number of aromatic nitrogens is 2. The van der Waals surface area contributed by atoms with E-state index in [0.717, 1.165) is 48.4 Å². The van der Waals surface area contributed by atoms with Crippen LogP contribution in [0.15, 0.2) is 67.4 Å². The number of aliphatic hydroxyl groups excluding tert-OH is 1. The first kappa shape index (κ1) is 23.9. The van der Waals surface area contributed by atoms with E-state index in [0.29, 0.717) is 13.2 Å². The molecule has 164 valence electrons. The number of aliphatic hydroxyl groups is 1. The molecule has 0 saturated carbocycles. The molecule has 0 bridgehead atoms. The number of carbonyl (C=O) groups excluding carboxylic acids is 1. The molecule has 0 aliphatic carbocycles. The zero-order valence-electron chi connectivity index (χ0n) is 18.5. The minimum absolute atomic E-state index is 0.661. The number of methoxy groups -OCH3 is 1. The van der Waals surface area contributed by atoms with Crippen LogP contribution in [-0.4, -0.2) is 39.6 Å². The molecule has 0 spiro atoms. The standard InChI is InChI=1S/C15H17N3O.C8H10O.C2H4O/c1-11-4-3-5-12(8-11)15-16-13-6-7-18(10-19)9-14(13)17(15)2;1-9-7-8-5-3-2-4-6-8;1-2-3/h3-5,8,10H,6-7,9H2,1-2H3;2-6H,7H2,1H3;2-3H,1H2. The van der Waals surface area contributed by atoms with E-state index in [1.54, 1.807) is 12.0 Å². The lowest BCUT2D eigenvalue weighted by Gasteiger charge is -2.22. The second-order valence-electron chi connectivity index (χ2n) is 7.18. The Hall–Kier alpha value is -3.38. The van der Waals surface area contributed by atoms with Crippen molar-refractivity contribution in [2.75, 3.05) is 13.7 Å². The third-order valence-electron chi connectivity index (χ3n) is 4.86. The van der Waals surface area contributed by atoms with Crippen molar-refractivity contribution in [3.63, 3.8) is 0 Å². The van der Waals surface area contributed by atoms with Gasteiger partial charge in [0, 0.05) is 32.7 Å². The second kappa shape index (κ2) is 12.3. The van der Waals surface area contributed by atoms with Crippen LogP contribution in [0.3, 0.4) is 0 Å². The fourth-order valence-electron chi connectivity index (χ4n) is 3.38. The van der Waals surface area contributed by atoms with Crippen molar-refractivity contribution in [3.05, 3.63) is 90.0 Å². The molecule has 0 saturated heterocycles. The smallest absolute Gasteiger partial charge is 0.210 e. The van der Waals surface area contributed by atoms with Crippen LogP contribution in [0.2, 0.25) is 0 Å². The third kappa shape index (κ3) is 6.83. The Morgan fingerprint density at radius 2 is 1.90 bits per heavy atom. The molecule has 2 heterocycles. The number of amides is 1. The summed E-state index contributed by atoms with van der Waals surface area (Å²) >= 11 is 0. The summed E-state index contributed by atoms with van der Waals surface area (Å²) in [6.45, 7) is 7.14. The molecule has 0 fully saturated rings. The van der Waals surface area contributed by atoms with E-state index in [1.165, 1.54) is 11.1 Å². The van der Waals surface area contributed by atoms with Gasteiger partial charge in [-0.15, -0.1) is 0 Å². The van der Waals surface area contributed by atoms with Gasteiger partial charge in [0.15, 0.2) is 0 Å². The first-order valence-corrected chi connectivity index (χ1v) is 10.1. The summed E-state index contributed by atoms with van der Waals surface area (Å²) in [5, 5.41) is 7.33. The molecule has 1 N–H and O–H groups in total. The van der Waals surface area contributed by atoms with E-state index in [4.69, 9.17) is 14.8 Å². The predicted octanol–water partition coefficient (Wildman–Crippen LogP) is 4.43. The fraction of sp³-hybridized carbons (Fsp3) is 0.280. The molecule has 0 radical (unpaired) electrons. The van der Waals surface area contributed by atoms with Gasteiger partial charge in [0.05, 0.1) is 30.8 Å². The van der Waals surface area contributed by atoms with Gasteiger partial charge in [-0.1, -0.05) is 60.7 Å². The van der Waals surface area contributed by atoms with E-state index >= 15 is 0 Å². The lowest BCUT2D eigenvalue weighted by molar-refractivity contribution is -0.119. The Bertz CT molecular complexity index is 967. The highest BCUT2D eigenvalue weighted by atomic mass is 16.5. The zero-order valence-corrected chi connectivity index (χ0v) is 18.5. The largest absolute Gasteiger partial charge is 0.516 e. The maximum absolute atomic E-state index is 10.9. The highest BCUT2D eigenvalue weighted by Gasteiger charge is 2.22. The van der Waals surface area contributed by atoms with Crippen molar-refractivity contribution in [3.8, 4) is 11.4 Å². The van der Waals surface area contributed by atoms with Gasteiger partial charge in [0.2, 0.25) is 6.41 Å². The normalized spacial score (nSPS) is 11.9. The monoisotopic (exact) mass is 421 g/mol. The minimum Gasteiger partial charge on any atom is -0.516 e. The van der Waals surface area contributed by atoms with Crippen molar-refractivity contribution in [2.45, 2.75) is 26.5 Å². The van der Waals surface area contributed by atoms with Crippen LogP contribution in [0.4, 0.5) is 0 Å². The summed E-state index contributed by atoms with van der Waals surface area (Å²) in [6.07, 6.45) is 2.51. The molecule has 2 aromatic carbocycles. The number of fused-ring (bicyclic) bond motifs is 1. The number of hydrogen-bond acceptors (Lipinski definition) is 4. The summed E-state index contributed by atoms with van der Waals surface area (Å²) in [7, 11) is 3.73. The van der Waals surface area contributed by atoms with Crippen LogP contribution in [-0.2, 0) is 36.2 Å². The molecule has 31 heavy (non-hydrogen) atoms. The minimum atomic E-state index is 0.661. The van der Waals surface area contributed by atoms with Crippen molar-refractivity contribution in [1.29, 1.82) is 0 Å². The molecule has 1 amide bonds. The van der Waals surface area contributed by atoms with Gasteiger partial charge in [-0.3, -0.25) is 4.79 Å². The molecular formula is C25H31N3O3. The van der Waals surface area contributed by atoms with E-state index in [2.05, 4.69) is 42.3 Å². The quantitative estimate of drug-likeness (QED) is 0.500. The van der Waals surface area contributed by atoms with Crippen LogP contribution >= 0.6 is 0 Å². The zero-order chi connectivity index (χ0) is 22.6. The molecule has 1 aromatic heterocycles. The highest BCUT2D eigenvalue weighted by Crippen LogP contribution is 2.25. The fourth-order valence-corrected chi connectivity index (χ4v) is 3.38. The summed E-state index contributed by atoms with van der Waals surface area (Å²) < 4.78 is 7.04. The number of aryl methyl sites for hydroxylation is 1. The number of benzene rings is 2. The Morgan fingerprint density at radius 1 is 1.19 bits per heavy atom. The van der Waals surface area contributed by atoms with E-state index in [1.807, 2.05) is 37.4 Å². The van der Waals surface area contributed by atoms with Gasteiger partial charge >= 0.3 is 0 Å². The van der Waals surface area contributed by atoms with Crippen molar-refractivity contribution in [1.82, 2.24) is 14.5 Å². The summed E-state index contributed by atoms with van der Waals surface area (Å²) in [5.74, 6) is 0.987. The highest BCUT2D eigenvalue weighted by molar-refractivity contribution is 5.58. The lowest BCUT2D eigenvalue weighted by Crippen LogP contribution is -2.30. The van der Waals surface area contributed by atoms with Gasteiger partial charge in [-0.25, -0.2) is 4.98 Å². The number of ether oxygens (including phenoxy) is 1. The SMILES string of the molecule is C=CO.COCc1ccccc1.Cc1cccc(-c2nc3c(n2C)CN(C=O)CC3)c1. The molecule has 3 aromatic rings. The Kier molecular flexibility index (Phi) is 9.52. The number of carbonyl (C=O) groups is 1. The average Bonchev–Trinajstić information content (AvgIpc) is 3.12. The molecular weight excluding hydrogens is 390 g/mol. The Morgan fingerprint density at radius 3 is 2.52 bits per heavy atom. The molecule has 1 aliphatic heterocycles. The molecule has 4 rings (SSSR count). The van der Waals surface area contributed by atoms with Crippen LogP contribution in [0.25, 0.3) is 11.4 Å². The van der Waals surface area contributed by atoms with Crippen LogP contribution in [0, 0.1) is 6.92 Å². The van der Waals surface area contributed by atoms with E-state index in [-0.39, 0.29) is 0 Å². The van der Waals surface area contributed by atoms with Gasteiger partial charge in [0.25, 0.3) is 0 Å². The van der Waals surface area contributed by atoms with Crippen LogP contribution in [0.1, 0.15) is 22.5 Å². The number of rotatable bonds is 4. The molecule has 0 unspecified atom stereocenters. The van der Waals surface area contributed by atoms with Gasteiger partial charge < -0.3 is 19.3 Å². The summed E-state index contributed by atoms with van der Waals surface area (Å²) in [4.78, 5) is 17.4. The Balaban J connectivity index is 0.000000238.